The van der Waals surface area contributed by atoms with E-state index in [0.29, 0.717) is 12.2 Å². The number of ether oxygens (including phenoxy) is 1. The normalized spacial score (nSPS) is 30.3. The molecule has 0 radical (unpaired) electrons. The van der Waals surface area contributed by atoms with Crippen molar-refractivity contribution in [2.24, 2.45) is 0 Å². The molecule has 0 aromatic heterocycles. The summed E-state index contributed by atoms with van der Waals surface area (Å²) in [7, 11) is 0. The fourth-order valence-corrected chi connectivity index (χ4v) is 3.11. The molecule has 1 heterocycles. The highest BCUT2D eigenvalue weighted by Gasteiger charge is 2.44. The van der Waals surface area contributed by atoms with Crippen LogP contribution in [0.1, 0.15) is 25.3 Å². The van der Waals surface area contributed by atoms with Crippen LogP contribution in [0.3, 0.4) is 0 Å². The van der Waals surface area contributed by atoms with Gasteiger partial charge in [-0.3, -0.25) is 4.79 Å². The monoisotopic (exact) mass is 266 g/mol. The summed E-state index contributed by atoms with van der Waals surface area (Å²) in [5, 5.41) is 10.6. The predicted octanol–water partition coefficient (Wildman–Crippen LogP) is 2.33. The summed E-state index contributed by atoms with van der Waals surface area (Å²) in [5.41, 5.74) is -0.937. The van der Waals surface area contributed by atoms with Crippen LogP contribution in [0.15, 0.2) is 30.3 Å². The van der Waals surface area contributed by atoms with Crippen molar-refractivity contribution >= 4 is 16.9 Å². The molecule has 1 saturated heterocycles. The Bertz CT molecular complexity index is 407. The van der Waals surface area contributed by atoms with Crippen molar-refractivity contribution in [2.45, 2.75) is 31.5 Å². The minimum absolute atomic E-state index is 0.219. The van der Waals surface area contributed by atoms with Gasteiger partial charge in [-0.15, -0.1) is 0 Å². The number of rotatable bonds is 1. The maximum atomic E-state index is 12.3. The van der Waals surface area contributed by atoms with Crippen LogP contribution in [0.4, 0.5) is 0 Å². The Morgan fingerprint density at radius 3 is 2.78 bits per heavy atom. The lowest BCUT2D eigenvalue weighted by atomic mass is 9.90. The highest BCUT2D eigenvalue weighted by atomic mass is 32.2. The van der Waals surface area contributed by atoms with E-state index in [4.69, 9.17) is 4.74 Å². The molecule has 18 heavy (non-hydrogen) atoms. The van der Waals surface area contributed by atoms with E-state index in [1.54, 1.807) is 19.1 Å². The number of aliphatic hydroxyl groups is 1. The third-order valence-corrected chi connectivity index (χ3v) is 4.32. The van der Waals surface area contributed by atoms with Crippen LogP contribution in [0.25, 0.3) is 0 Å². The van der Waals surface area contributed by atoms with E-state index in [-0.39, 0.29) is 5.12 Å². The molecule has 98 valence electrons. The van der Waals surface area contributed by atoms with Crippen molar-refractivity contribution in [3.8, 4) is 0 Å². The molecule has 2 atom stereocenters. The fraction of sp³-hybridized carbons (Fsp3) is 0.500. The van der Waals surface area contributed by atoms with Crippen molar-refractivity contribution in [1.29, 1.82) is 0 Å². The number of thioether (sulfide) groups is 1. The first-order chi connectivity index (χ1) is 8.65. The molecule has 2 unspecified atom stereocenters. The smallest absolute Gasteiger partial charge is 0.227 e. The average Bonchev–Trinajstić information content (AvgIpc) is 2.46. The largest absolute Gasteiger partial charge is 0.375 e. The van der Waals surface area contributed by atoms with Gasteiger partial charge < -0.3 is 9.84 Å². The SMILES string of the molecule is CC1OCCCCSC(=O)C1(O)c1ccccc1. The zero-order valence-corrected chi connectivity index (χ0v) is 11.3. The summed E-state index contributed by atoms with van der Waals surface area (Å²) in [6.07, 6.45) is 1.33. The molecule has 2 rings (SSSR count). The lowest BCUT2D eigenvalue weighted by Gasteiger charge is -2.32. The standard InChI is InChI=1S/C14H18O3S/c1-11-14(16,12-7-3-2-4-8-12)13(15)18-10-6-5-9-17-11/h2-4,7-8,11,16H,5-6,9-10H2,1H3. The van der Waals surface area contributed by atoms with Crippen LogP contribution < -0.4 is 0 Å². The van der Waals surface area contributed by atoms with Gasteiger partial charge in [-0.1, -0.05) is 42.1 Å². The van der Waals surface area contributed by atoms with E-state index in [2.05, 4.69) is 0 Å². The van der Waals surface area contributed by atoms with Gasteiger partial charge >= 0.3 is 0 Å². The molecule has 4 heteroatoms. The minimum atomic E-state index is -1.55. The lowest BCUT2D eigenvalue weighted by Crippen LogP contribution is -2.45. The molecule has 0 amide bonds. The minimum Gasteiger partial charge on any atom is -0.375 e. The van der Waals surface area contributed by atoms with Gasteiger partial charge in [0, 0.05) is 12.4 Å². The van der Waals surface area contributed by atoms with Crippen LogP contribution in [-0.2, 0) is 15.1 Å². The number of carbonyl (C=O) groups is 1. The van der Waals surface area contributed by atoms with Gasteiger partial charge in [-0.05, 0) is 25.3 Å². The first kappa shape index (κ1) is 13.6. The molecule has 0 saturated carbocycles. The Hall–Kier alpha value is -0.840. The van der Waals surface area contributed by atoms with Crippen molar-refractivity contribution in [3.05, 3.63) is 35.9 Å². The van der Waals surface area contributed by atoms with Gasteiger partial charge in [0.05, 0.1) is 6.10 Å². The summed E-state index contributed by atoms with van der Waals surface area (Å²) >= 11 is 1.20. The fourth-order valence-electron chi connectivity index (χ4n) is 2.07. The first-order valence-electron chi connectivity index (χ1n) is 6.22. The van der Waals surface area contributed by atoms with Crippen LogP contribution in [0.2, 0.25) is 0 Å². The number of hydrogen-bond donors (Lipinski definition) is 1. The molecule has 1 aromatic rings. The van der Waals surface area contributed by atoms with Crippen molar-refractivity contribution in [2.75, 3.05) is 12.4 Å². The molecule has 3 nitrogen and oxygen atoms in total. The molecule has 0 aliphatic carbocycles. The van der Waals surface area contributed by atoms with Crippen LogP contribution in [0.5, 0.6) is 0 Å². The maximum Gasteiger partial charge on any atom is 0.227 e. The first-order valence-corrected chi connectivity index (χ1v) is 7.21. The summed E-state index contributed by atoms with van der Waals surface area (Å²) in [6, 6.07) is 9.06. The number of benzene rings is 1. The summed E-state index contributed by atoms with van der Waals surface area (Å²) in [5.74, 6) is 0.740. The Morgan fingerprint density at radius 2 is 2.06 bits per heavy atom. The second-order valence-electron chi connectivity index (χ2n) is 4.49. The molecule has 1 aromatic carbocycles. The van der Waals surface area contributed by atoms with Gasteiger partial charge in [-0.2, -0.15) is 0 Å². The second-order valence-corrected chi connectivity index (χ2v) is 5.56. The van der Waals surface area contributed by atoms with E-state index in [1.165, 1.54) is 11.8 Å². The van der Waals surface area contributed by atoms with E-state index in [0.717, 1.165) is 18.6 Å². The Balaban J connectivity index is 2.36. The lowest BCUT2D eigenvalue weighted by molar-refractivity contribution is -0.147. The topological polar surface area (TPSA) is 46.5 Å². The second kappa shape index (κ2) is 5.87. The molecule has 1 aliphatic heterocycles. The summed E-state index contributed by atoms with van der Waals surface area (Å²) in [4.78, 5) is 12.3. The molecule has 0 bridgehead atoms. The third kappa shape index (κ3) is 2.60. The Morgan fingerprint density at radius 1 is 1.33 bits per heavy atom. The molecule has 1 aliphatic rings. The predicted molar refractivity (Wildman–Crippen MR) is 72.5 cm³/mol. The Kier molecular flexibility index (Phi) is 4.43. The van der Waals surface area contributed by atoms with Gasteiger partial charge in [0.15, 0.2) is 5.60 Å². The van der Waals surface area contributed by atoms with E-state index < -0.39 is 11.7 Å². The van der Waals surface area contributed by atoms with Crippen LogP contribution in [-0.4, -0.2) is 28.7 Å². The van der Waals surface area contributed by atoms with E-state index in [1.807, 2.05) is 18.2 Å². The Labute approximate surface area is 112 Å². The number of carbonyl (C=O) groups excluding carboxylic acids is 1. The van der Waals surface area contributed by atoms with Gasteiger partial charge in [-0.25, -0.2) is 0 Å². The zero-order chi connectivity index (χ0) is 13.0. The van der Waals surface area contributed by atoms with Crippen molar-refractivity contribution in [1.82, 2.24) is 0 Å². The summed E-state index contributed by atoms with van der Waals surface area (Å²) < 4.78 is 5.62. The van der Waals surface area contributed by atoms with Crippen LogP contribution >= 0.6 is 11.8 Å². The van der Waals surface area contributed by atoms with Gasteiger partial charge in [0.2, 0.25) is 5.12 Å². The van der Waals surface area contributed by atoms with Gasteiger partial charge in [0.25, 0.3) is 0 Å². The molecule has 1 N–H and O–H groups in total. The zero-order valence-electron chi connectivity index (χ0n) is 10.5. The average molecular weight is 266 g/mol. The highest BCUT2D eigenvalue weighted by molar-refractivity contribution is 8.13. The van der Waals surface area contributed by atoms with Crippen molar-refractivity contribution in [3.63, 3.8) is 0 Å². The molecule has 0 spiro atoms. The van der Waals surface area contributed by atoms with Crippen molar-refractivity contribution < 1.29 is 14.6 Å². The quantitative estimate of drug-likeness (QED) is 0.847. The van der Waals surface area contributed by atoms with E-state index >= 15 is 0 Å². The van der Waals surface area contributed by atoms with Crippen LogP contribution in [0, 0.1) is 0 Å². The van der Waals surface area contributed by atoms with E-state index in [9.17, 15) is 9.90 Å². The number of hydrogen-bond acceptors (Lipinski definition) is 4. The summed E-state index contributed by atoms with van der Waals surface area (Å²) in [6.45, 7) is 2.35. The molecular formula is C14H18O3S. The molecular weight excluding hydrogens is 248 g/mol. The van der Waals surface area contributed by atoms with Gasteiger partial charge in [0.1, 0.15) is 0 Å². The maximum absolute atomic E-state index is 12.3. The third-order valence-electron chi connectivity index (χ3n) is 3.25. The molecule has 1 fully saturated rings. The highest BCUT2D eigenvalue weighted by Crippen LogP contribution is 2.33.